The van der Waals surface area contributed by atoms with Crippen LogP contribution in [0.3, 0.4) is 0 Å². The maximum Gasteiger partial charge on any atom is 0.230 e. The van der Waals surface area contributed by atoms with E-state index >= 15 is 0 Å². The van der Waals surface area contributed by atoms with Crippen LogP contribution in [0.5, 0.6) is 5.75 Å². The summed E-state index contributed by atoms with van der Waals surface area (Å²) < 4.78 is 22.2. The van der Waals surface area contributed by atoms with E-state index in [9.17, 15) is 9.18 Å². The summed E-state index contributed by atoms with van der Waals surface area (Å²) in [4.78, 5) is 13.1. The van der Waals surface area contributed by atoms with Gasteiger partial charge in [-0.1, -0.05) is 30.3 Å². The summed E-state index contributed by atoms with van der Waals surface area (Å²) >= 11 is 1.47. The number of rotatable bonds is 10. The number of carbonyl (C=O) groups excluding carboxylic acids is 1. The Labute approximate surface area is 235 Å². The molecule has 4 atom stereocenters. The molecule has 6 saturated carbocycles. The normalized spacial score (nSPS) is 34.9. The number of nitrogens with one attached hydrogen (secondary N) is 1. The Balaban J connectivity index is 1.02. The van der Waals surface area contributed by atoms with Crippen molar-refractivity contribution in [1.82, 2.24) is 20.1 Å². The summed E-state index contributed by atoms with van der Waals surface area (Å²) in [6.07, 6.45) is 13.4. The van der Waals surface area contributed by atoms with Gasteiger partial charge in [-0.05, 0) is 118 Å². The topological polar surface area (TPSA) is 69.0 Å². The average molecular weight is 553 g/mol. The molecule has 1 amide bonds. The Morgan fingerprint density at radius 2 is 1.82 bits per heavy atom. The number of thioether (sulfide) groups is 1. The van der Waals surface area contributed by atoms with Gasteiger partial charge in [0.25, 0.3) is 0 Å². The van der Waals surface area contributed by atoms with Gasteiger partial charge in [0, 0.05) is 12.6 Å². The van der Waals surface area contributed by atoms with Gasteiger partial charge in [-0.3, -0.25) is 9.36 Å². The molecular formula is C31H41FN4O2S. The molecule has 6 bridgehead atoms. The first-order chi connectivity index (χ1) is 18.9. The van der Waals surface area contributed by atoms with E-state index in [0.29, 0.717) is 22.9 Å². The minimum atomic E-state index is -0.380. The fraction of sp³-hybridized carbons (Fsp3) is 0.710. The standard InChI is InChI=1S/C31H41FN4O2S/c1-19(25-12-20-6-7-24(25)11-20)36-28(16-38-27-5-3-2-4-26(27)32)34-35-30(36)39-17-29(37)33-18-31-13-21-8-22(14-31)10-23(9-21)15-31/h2-5,19-25H,6-18H2,1H3,(H,33,37)/t19-,20+,21?,22?,23?,24+,25-,31?/m0/s1. The Morgan fingerprint density at radius 1 is 1.08 bits per heavy atom. The van der Waals surface area contributed by atoms with Crippen LogP contribution in [0.1, 0.15) is 83.0 Å². The van der Waals surface area contributed by atoms with Crippen molar-refractivity contribution in [1.29, 1.82) is 0 Å². The molecular weight excluding hydrogens is 511 g/mol. The van der Waals surface area contributed by atoms with Crippen LogP contribution in [0.4, 0.5) is 4.39 Å². The van der Waals surface area contributed by atoms with Crippen molar-refractivity contribution < 1.29 is 13.9 Å². The number of fused-ring (bicyclic) bond motifs is 2. The van der Waals surface area contributed by atoms with Crippen LogP contribution in [0, 0.1) is 46.7 Å². The number of amides is 1. The van der Waals surface area contributed by atoms with Crippen LogP contribution in [-0.4, -0.2) is 33.0 Å². The third kappa shape index (κ3) is 5.11. The molecule has 2 aromatic rings. The second-order valence-electron chi connectivity index (χ2n) is 13.6. The average Bonchev–Trinajstić information content (AvgIpc) is 3.65. The number of ether oxygens (including phenoxy) is 1. The highest BCUT2D eigenvalue weighted by atomic mass is 32.2. The number of benzene rings is 1. The number of aromatic nitrogens is 3. The van der Waals surface area contributed by atoms with Crippen LogP contribution in [0.2, 0.25) is 0 Å². The first kappa shape index (κ1) is 25.8. The van der Waals surface area contributed by atoms with Crippen molar-refractivity contribution in [2.24, 2.45) is 40.9 Å². The summed E-state index contributed by atoms with van der Waals surface area (Å²) in [7, 11) is 0. The molecule has 39 heavy (non-hydrogen) atoms. The van der Waals surface area contributed by atoms with Crippen LogP contribution in [-0.2, 0) is 11.4 Å². The molecule has 1 aromatic carbocycles. The summed E-state index contributed by atoms with van der Waals surface area (Å²) in [5.41, 5.74) is 0.336. The SMILES string of the molecule is C[C@@H]([C@@H]1C[C@@H]2CC[C@@H]1C2)n1c(COc2ccccc2F)nnc1SCC(=O)NCC12CC3CC(CC(C3)C1)C2. The van der Waals surface area contributed by atoms with Gasteiger partial charge in [0.15, 0.2) is 22.5 Å². The number of halogens is 1. The first-order valence-corrected chi connectivity index (χ1v) is 16.1. The summed E-state index contributed by atoms with van der Waals surface area (Å²) in [5.74, 6) is 5.78. The maximum atomic E-state index is 14.2. The lowest BCUT2D eigenvalue weighted by Crippen LogP contribution is -2.51. The molecule has 1 aromatic heterocycles. The van der Waals surface area contributed by atoms with Crippen LogP contribution in [0.15, 0.2) is 29.4 Å². The second-order valence-corrected chi connectivity index (χ2v) is 14.5. The van der Waals surface area contributed by atoms with Gasteiger partial charge in [-0.15, -0.1) is 10.2 Å². The van der Waals surface area contributed by atoms with E-state index in [0.717, 1.165) is 41.3 Å². The van der Waals surface area contributed by atoms with Crippen molar-refractivity contribution in [3.8, 4) is 5.75 Å². The summed E-state index contributed by atoms with van der Waals surface area (Å²) in [5, 5.41) is 13.1. The Morgan fingerprint density at radius 3 is 2.49 bits per heavy atom. The molecule has 8 heteroatoms. The molecule has 0 aliphatic heterocycles. The third-order valence-corrected chi connectivity index (χ3v) is 11.8. The van der Waals surface area contributed by atoms with Crippen LogP contribution in [0.25, 0.3) is 0 Å². The molecule has 8 rings (SSSR count). The van der Waals surface area contributed by atoms with Crippen molar-refractivity contribution in [2.45, 2.75) is 88.9 Å². The van der Waals surface area contributed by atoms with Crippen molar-refractivity contribution >= 4 is 17.7 Å². The molecule has 0 radical (unpaired) electrons. The highest BCUT2D eigenvalue weighted by Gasteiger charge is 2.50. The monoisotopic (exact) mass is 552 g/mol. The molecule has 0 spiro atoms. The number of hydrogen-bond donors (Lipinski definition) is 1. The predicted molar refractivity (Wildman–Crippen MR) is 149 cm³/mol. The molecule has 6 aliphatic rings. The van der Waals surface area contributed by atoms with E-state index in [1.54, 1.807) is 18.2 Å². The minimum absolute atomic E-state index is 0.0852. The van der Waals surface area contributed by atoms with E-state index < -0.39 is 0 Å². The zero-order chi connectivity index (χ0) is 26.6. The Hall–Kier alpha value is -2.09. The molecule has 210 valence electrons. The fourth-order valence-electron chi connectivity index (χ4n) is 9.67. The maximum absolute atomic E-state index is 14.2. The van der Waals surface area contributed by atoms with Gasteiger partial charge >= 0.3 is 0 Å². The van der Waals surface area contributed by atoms with Crippen molar-refractivity contribution in [3.63, 3.8) is 0 Å². The largest absolute Gasteiger partial charge is 0.483 e. The summed E-state index contributed by atoms with van der Waals surface area (Å²) in [6, 6.07) is 6.68. The quantitative estimate of drug-likeness (QED) is 0.345. The zero-order valence-electron chi connectivity index (χ0n) is 23.0. The Bertz CT molecular complexity index is 1180. The lowest BCUT2D eigenvalue weighted by Gasteiger charge is -2.56. The molecule has 0 saturated heterocycles. The molecule has 1 heterocycles. The number of hydrogen-bond acceptors (Lipinski definition) is 5. The Kier molecular flexibility index (Phi) is 6.88. The second kappa shape index (κ2) is 10.4. The van der Waals surface area contributed by atoms with E-state index in [-0.39, 0.29) is 30.1 Å². The molecule has 6 fully saturated rings. The highest BCUT2D eigenvalue weighted by Crippen LogP contribution is 2.59. The van der Waals surface area contributed by atoms with Gasteiger partial charge in [0.1, 0.15) is 6.61 Å². The molecule has 6 nitrogen and oxygen atoms in total. The van der Waals surface area contributed by atoms with Crippen LogP contribution < -0.4 is 10.1 Å². The molecule has 0 unspecified atom stereocenters. The van der Waals surface area contributed by atoms with Gasteiger partial charge in [0.05, 0.1) is 5.75 Å². The smallest absolute Gasteiger partial charge is 0.230 e. The first-order valence-electron chi connectivity index (χ1n) is 15.2. The molecule has 6 aliphatic carbocycles. The third-order valence-electron chi connectivity index (χ3n) is 10.9. The number of nitrogens with zero attached hydrogens (tertiary/aromatic N) is 3. The minimum Gasteiger partial charge on any atom is -0.483 e. The number of carbonyl (C=O) groups is 1. The van der Waals surface area contributed by atoms with Gasteiger partial charge < -0.3 is 10.1 Å². The van der Waals surface area contributed by atoms with E-state index in [1.165, 1.54) is 82.0 Å². The van der Waals surface area contributed by atoms with Gasteiger partial charge in [-0.2, -0.15) is 0 Å². The number of para-hydroxylation sites is 1. The van der Waals surface area contributed by atoms with E-state index in [4.69, 9.17) is 4.74 Å². The highest BCUT2D eigenvalue weighted by molar-refractivity contribution is 7.99. The lowest BCUT2D eigenvalue weighted by molar-refractivity contribution is -0.120. The lowest BCUT2D eigenvalue weighted by atomic mass is 9.49. The van der Waals surface area contributed by atoms with Crippen molar-refractivity contribution in [3.05, 3.63) is 35.9 Å². The van der Waals surface area contributed by atoms with E-state index in [2.05, 4.69) is 27.0 Å². The van der Waals surface area contributed by atoms with Gasteiger partial charge in [0.2, 0.25) is 5.91 Å². The van der Waals surface area contributed by atoms with Crippen LogP contribution >= 0.6 is 11.8 Å². The summed E-state index contributed by atoms with van der Waals surface area (Å²) in [6.45, 7) is 3.24. The van der Waals surface area contributed by atoms with Gasteiger partial charge in [-0.25, -0.2) is 4.39 Å². The molecule has 1 N–H and O–H groups in total. The zero-order valence-corrected chi connectivity index (χ0v) is 23.8. The van der Waals surface area contributed by atoms with Crippen molar-refractivity contribution in [2.75, 3.05) is 12.3 Å². The predicted octanol–water partition coefficient (Wildman–Crippen LogP) is 6.42. The fourth-order valence-corrected chi connectivity index (χ4v) is 10.5. The van der Waals surface area contributed by atoms with E-state index in [1.807, 2.05) is 0 Å².